The van der Waals surface area contributed by atoms with Crippen LogP contribution in [0.1, 0.15) is 18.4 Å². The number of carbonyl (C=O) groups is 1. The third kappa shape index (κ3) is 4.67. The molecule has 1 fully saturated rings. The number of sulfonamides is 1. The standard InChI is InChI=1S/C15H18ClF3N2O4S/c16-13-2-1-11(9-12(13)15(17,18)19)26(24,25)21-6-3-10(4-7-21)14(23)20-5-8-22/h1-2,9-10,22H,3-8H2,(H,20,23). The zero-order chi connectivity index (χ0) is 19.5. The number of benzene rings is 1. The maximum Gasteiger partial charge on any atom is 0.417 e. The molecular formula is C15H18ClF3N2O4S. The zero-order valence-electron chi connectivity index (χ0n) is 13.6. The third-order valence-electron chi connectivity index (χ3n) is 4.12. The molecule has 0 bridgehead atoms. The minimum Gasteiger partial charge on any atom is -0.395 e. The Kier molecular flexibility index (Phi) is 6.54. The molecule has 1 amide bonds. The van der Waals surface area contributed by atoms with E-state index < -0.39 is 37.6 Å². The average Bonchev–Trinajstić information content (AvgIpc) is 2.59. The fourth-order valence-corrected chi connectivity index (χ4v) is 4.43. The number of alkyl halides is 3. The Morgan fingerprint density at radius 2 is 1.92 bits per heavy atom. The first-order valence-corrected chi connectivity index (χ1v) is 9.64. The van der Waals surface area contributed by atoms with Crippen LogP contribution >= 0.6 is 11.6 Å². The van der Waals surface area contributed by atoms with E-state index in [1.165, 1.54) is 0 Å². The maximum absolute atomic E-state index is 12.9. The van der Waals surface area contributed by atoms with Crippen LogP contribution in [0.25, 0.3) is 0 Å². The van der Waals surface area contributed by atoms with Gasteiger partial charge in [-0.25, -0.2) is 8.42 Å². The molecule has 1 aromatic carbocycles. The van der Waals surface area contributed by atoms with Gasteiger partial charge < -0.3 is 10.4 Å². The zero-order valence-corrected chi connectivity index (χ0v) is 15.2. The van der Waals surface area contributed by atoms with Gasteiger partial charge in [-0.05, 0) is 31.0 Å². The van der Waals surface area contributed by atoms with Crippen molar-refractivity contribution >= 4 is 27.5 Å². The molecule has 1 saturated heterocycles. The first-order valence-electron chi connectivity index (χ1n) is 7.83. The van der Waals surface area contributed by atoms with Crippen LogP contribution in [0.3, 0.4) is 0 Å². The Bertz CT molecular complexity index is 763. The number of rotatable bonds is 5. The number of hydrogen-bond donors (Lipinski definition) is 2. The Morgan fingerprint density at radius 1 is 1.31 bits per heavy atom. The molecule has 0 aromatic heterocycles. The molecule has 146 valence electrons. The summed E-state index contributed by atoms with van der Waals surface area (Å²) in [7, 11) is -4.12. The summed E-state index contributed by atoms with van der Waals surface area (Å²) in [5.41, 5.74) is -1.21. The number of nitrogens with one attached hydrogen (secondary N) is 1. The van der Waals surface area contributed by atoms with E-state index in [4.69, 9.17) is 16.7 Å². The molecule has 6 nitrogen and oxygen atoms in total. The summed E-state index contributed by atoms with van der Waals surface area (Å²) in [6.07, 6.45) is -4.27. The lowest BCUT2D eigenvalue weighted by Gasteiger charge is -2.30. The van der Waals surface area contributed by atoms with Gasteiger partial charge in [0.25, 0.3) is 0 Å². The van der Waals surface area contributed by atoms with E-state index in [-0.39, 0.29) is 45.0 Å². The lowest BCUT2D eigenvalue weighted by molar-refractivity contribution is -0.137. The third-order valence-corrected chi connectivity index (χ3v) is 6.34. The van der Waals surface area contributed by atoms with Crippen molar-refractivity contribution in [3.05, 3.63) is 28.8 Å². The number of piperidine rings is 1. The van der Waals surface area contributed by atoms with E-state index in [1.54, 1.807) is 0 Å². The van der Waals surface area contributed by atoms with Gasteiger partial charge in [0.05, 0.1) is 22.1 Å². The fraction of sp³-hybridized carbons (Fsp3) is 0.533. The lowest BCUT2D eigenvalue weighted by atomic mass is 9.97. The summed E-state index contributed by atoms with van der Waals surface area (Å²) in [5, 5.41) is 10.6. The van der Waals surface area contributed by atoms with Gasteiger partial charge in [-0.1, -0.05) is 11.6 Å². The predicted molar refractivity (Wildman–Crippen MR) is 88.0 cm³/mol. The average molecular weight is 415 g/mol. The quantitative estimate of drug-likeness (QED) is 0.770. The summed E-state index contributed by atoms with van der Waals surface area (Å²) in [4.78, 5) is 11.4. The van der Waals surface area contributed by atoms with Gasteiger partial charge in [-0.2, -0.15) is 17.5 Å². The van der Waals surface area contributed by atoms with Gasteiger partial charge in [-0.3, -0.25) is 4.79 Å². The van der Waals surface area contributed by atoms with Crippen molar-refractivity contribution < 1.29 is 31.5 Å². The summed E-state index contributed by atoms with van der Waals surface area (Å²) in [6.45, 7) is -0.0492. The summed E-state index contributed by atoms with van der Waals surface area (Å²) in [5.74, 6) is -0.675. The van der Waals surface area contributed by atoms with Crippen LogP contribution in [0.5, 0.6) is 0 Å². The predicted octanol–water partition coefficient (Wildman–Crippen LogP) is 1.87. The molecule has 26 heavy (non-hydrogen) atoms. The highest BCUT2D eigenvalue weighted by Gasteiger charge is 2.36. The van der Waals surface area contributed by atoms with Crippen LogP contribution in [-0.2, 0) is 21.0 Å². The Balaban J connectivity index is 2.14. The second-order valence-corrected chi connectivity index (χ2v) is 8.18. The molecule has 1 aliphatic heterocycles. The van der Waals surface area contributed by atoms with Gasteiger partial charge >= 0.3 is 6.18 Å². The molecule has 0 unspecified atom stereocenters. The second kappa shape index (κ2) is 8.12. The van der Waals surface area contributed by atoms with Crippen molar-refractivity contribution in [3.8, 4) is 0 Å². The van der Waals surface area contributed by atoms with E-state index in [0.29, 0.717) is 6.07 Å². The van der Waals surface area contributed by atoms with Gasteiger partial charge in [0.1, 0.15) is 0 Å². The van der Waals surface area contributed by atoms with Crippen molar-refractivity contribution in [2.24, 2.45) is 5.92 Å². The molecule has 0 radical (unpaired) electrons. The maximum atomic E-state index is 12.9. The van der Waals surface area contributed by atoms with Crippen LogP contribution < -0.4 is 5.32 Å². The molecule has 1 aliphatic rings. The summed E-state index contributed by atoms with van der Waals surface area (Å²) >= 11 is 5.52. The second-order valence-electron chi connectivity index (χ2n) is 5.83. The topological polar surface area (TPSA) is 86.7 Å². The van der Waals surface area contributed by atoms with Gasteiger partial charge in [0, 0.05) is 25.6 Å². The highest BCUT2D eigenvalue weighted by atomic mass is 35.5. The molecule has 11 heteroatoms. The molecule has 1 heterocycles. The molecular weight excluding hydrogens is 397 g/mol. The van der Waals surface area contributed by atoms with Crippen molar-refractivity contribution in [2.45, 2.75) is 23.9 Å². The highest BCUT2D eigenvalue weighted by Crippen LogP contribution is 2.36. The number of hydrogen-bond acceptors (Lipinski definition) is 4. The minimum absolute atomic E-state index is 0.0174. The normalized spacial score (nSPS) is 17.3. The van der Waals surface area contributed by atoms with Crippen molar-refractivity contribution in [3.63, 3.8) is 0 Å². The van der Waals surface area contributed by atoms with Crippen LogP contribution in [0.15, 0.2) is 23.1 Å². The van der Waals surface area contributed by atoms with Crippen LogP contribution in [0.4, 0.5) is 13.2 Å². The summed E-state index contributed by atoms with van der Waals surface area (Å²) in [6, 6.07) is 2.47. The van der Waals surface area contributed by atoms with Gasteiger partial charge in [-0.15, -0.1) is 0 Å². The minimum atomic E-state index is -4.76. The molecule has 0 saturated carbocycles. The van der Waals surface area contributed by atoms with Gasteiger partial charge in [0.15, 0.2) is 0 Å². The highest BCUT2D eigenvalue weighted by molar-refractivity contribution is 7.89. The Labute approximate surface area is 154 Å². The van der Waals surface area contributed by atoms with Crippen LogP contribution in [-0.4, -0.2) is 50.0 Å². The van der Waals surface area contributed by atoms with E-state index in [1.807, 2.05) is 0 Å². The smallest absolute Gasteiger partial charge is 0.395 e. The SMILES string of the molecule is O=C(NCCO)C1CCN(S(=O)(=O)c2ccc(Cl)c(C(F)(F)F)c2)CC1. The number of amides is 1. The van der Waals surface area contributed by atoms with Gasteiger partial charge in [0.2, 0.25) is 15.9 Å². The van der Waals surface area contributed by atoms with E-state index in [0.717, 1.165) is 16.4 Å². The molecule has 1 aromatic rings. The van der Waals surface area contributed by atoms with Crippen LogP contribution in [0.2, 0.25) is 5.02 Å². The number of carbonyl (C=O) groups excluding carboxylic acids is 1. The lowest BCUT2D eigenvalue weighted by Crippen LogP contribution is -2.43. The Hall–Kier alpha value is -1.36. The van der Waals surface area contributed by atoms with E-state index >= 15 is 0 Å². The van der Waals surface area contributed by atoms with E-state index in [2.05, 4.69) is 5.32 Å². The van der Waals surface area contributed by atoms with Crippen molar-refractivity contribution in [2.75, 3.05) is 26.2 Å². The number of aliphatic hydroxyl groups is 1. The monoisotopic (exact) mass is 414 g/mol. The molecule has 0 aliphatic carbocycles. The molecule has 2 N–H and O–H groups in total. The Morgan fingerprint density at radius 3 is 2.46 bits per heavy atom. The molecule has 0 atom stereocenters. The fourth-order valence-electron chi connectivity index (χ4n) is 2.71. The first-order chi connectivity index (χ1) is 12.1. The molecule has 0 spiro atoms. The summed E-state index contributed by atoms with van der Waals surface area (Å²) < 4.78 is 65.1. The first kappa shape index (κ1) is 20.9. The number of nitrogens with zero attached hydrogens (tertiary/aromatic N) is 1. The van der Waals surface area contributed by atoms with E-state index in [9.17, 15) is 26.4 Å². The van der Waals surface area contributed by atoms with Crippen molar-refractivity contribution in [1.82, 2.24) is 9.62 Å². The number of halogens is 4. The van der Waals surface area contributed by atoms with Crippen molar-refractivity contribution in [1.29, 1.82) is 0 Å². The number of aliphatic hydroxyl groups excluding tert-OH is 1. The van der Waals surface area contributed by atoms with Crippen LogP contribution in [0, 0.1) is 5.92 Å². The molecule has 2 rings (SSSR count). The largest absolute Gasteiger partial charge is 0.417 e.